The molecule has 0 radical (unpaired) electrons. The van der Waals surface area contributed by atoms with Gasteiger partial charge in [0.05, 0.1) is 12.1 Å². The highest BCUT2D eigenvalue weighted by Gasteiger charge is 2.31. The summed E-state index contributed by atoms with van der Waals surface area (Å²) in [5, 5.41) is 12.8. The van der Waals surface area contributed by atoms with Gasteiger partial charge in [-0.25, -0.2) is 4.68 Å². The Bertz CT molecular complexity index is 485. The largest absolute Gasteiger partial charge is 0.297 e. The molecule has 128 valence electrons. The average Bonchev–Trinajstić information content (AvgIpc) is 3.25. The first kappa shape index (κ1) is 16.6. The van der Waals surface area contributed by atoms with Crippen LogP contribution in [0.15, 0.2) is 12.7 Å². The van der Waals surface area contributed by atoms with Crippen LogP contribution in [0.3, 0.4) is 0 Å². The third kappa shape index (κ3) is 3.80. The van der Waals surface area contributed by atoms with Crippen molar-refractivity contribution in [1.29, 1.82) is 0 Å². The summed E-state index contributed by atoms with van der Waals surface area (Å²) in [6.07, 6.45) is 9.36. The maximum atomic E-state index is 4.44. The lowest BCUT2D eigenvalue weighted by Crippen LogP contribution is -2.48. The summed E-state index contributed by atoms with van der Waals surface area (Å²) in [5.41, 5.74) is 0. The Morgan fingerprint density at radius 3 is 2.61 bits per heavy atom. The Morgan fingerprint density at radius 2 is 1.96 bits per heavy atom. The molecule has 1 aliphatic carbocycles. The maximum absolute atomic E-state index is 4.44. The second-order valence-corrected chi connectivity index (χ2v) is 6.85. The van der Waals surface area contributed by atoms with Crippen molar-refractivity contribution in [2.75, 3.05) is 32.7 Å². The summed E-state index contributed by atoms with van der Waals surface area (Å²) in [6, 6.07) is 0.878. The van der Waals surface area contributed by atoms with Gasteiger partial charge in [0.1, 0.15) is 0 Å². The van der Waals surface area contributed by atoms with E-state index in [-0.39, 0.29) is 0 Å². The minimum atomic E-state index is 0.362. The molecule has 1 aromatic rings. The molecule has 0 unspecified atom stereocenters. The van der Waals surface area contributed by atoms with Crippen LogP contribution in [0.2, 0.25) is 0 Å². The summed E-state index contributed by atoms with van der Waals surface area (Å²) in [6.45, 7) is 11.5. The van der Waals surface area contributed by atoms with Crippen LogP contribution >= 0.6 is 0 Å². The quantitative estimate of drug-likeness (QED) is 0.723. The van der Waals surface area contributed by atoms with Crippen molar-refractivity contribution in [2.45, 2.75) is 57.5 Å². The fourth-order valence-corrected chi connectivity index (χ4v) is 4.02. The molecule has 0 spiro atoms. The van der Waals surface area contributed by atoms with E-state index >= 15 is 0 Å². The molecule has 6 nitrogen and oxygen atoms in total. The van der Waals surface area contributed by atoms with Crippen molar-refractivity contribution in [3.05, 3.63) is 18.5 Å². The zero-order valence-corrected chi connectivity index (χ0v) is 14.4. The number of tetrazole rings is 1. The van der Waals surface area contributed by atoms with Crippen molar-refractivity contribution < 1.29 is 0 Å². The lowest BCUT2D eigenvalue weighted by molar-refractivity contribution is 0.0910. The molecule has 0 amide bonds. The summed E-state index contributed by atoms with van der Waals surface area (Å²) < 4.78 is 2.14. The predicted molar refractivity (Wildman–Crippen MR) is 91.2 cm³/mol. The second kappa shape index (κ2) is 8.02. The van der Waals surface area contributed by atoms with Crippen molar-refractivity contribution in [2.24, 2.45) is 0 Å². The van der Waals surface area contributed by atoms with Crippen LogP contribution in [0.4, 0.5) is 0 Å². The van der Waals surface area contributed by atoms with Gasteiger partial charge >= 0.3 is 0 Å². The predicted octanol–water partition coefficient (Wildman–Crippen LogP) is 2.43. The highest BCUT2D eigenvalue weighted by molar-refractivity contribution is 4.97. The third-order valence-corrected chi connectivity index (χ3v) is 5.28. The number of aromatic nitrogens is 4. The summed E-state index contributed by atoms with van der Waals surface area (Å²) >= 11 is 0. The Kier molecular flexibility index (Phi) is 5.78. The van der Waals surface area contributed by atoms with Crippen LogP contribution in [-0.4, -0.2) is 62.7 Å². The molecule has 6 heteroatoms. The van der Waals surface area contributed by atoms with Crippen molar-refractivity contribution in [3.63, 3.8) is 0 Å². The van der Waals surface area contributed by atoms with Gasteiger partial charge in [-0.2, -0.15) is 0 Å². The lowest BCUT2D eigenvalue weighted by atomic mass is 10.1. The van der Waals surface area contributed by atoms with E-state index < -0.39 is 0 Å². The Hall–Kier alpha value is -1.27. The summed E-state index contributed by atoms with van der Waals surface area (Å²) in [4.78, 5) is 5.05. The van der Waals surface area contributed by atoms with Crippen LogP contribution in [-0.2, 0) is 0 Å². The highest BCUT2D eigenvalue weighted by Crippen LogP contribution is 2.33. The van der Waals surface area contributed by atoms with Gasteiger partial charge in [-0.15, -0.1) is 11.7 Å². The highest BCUT2D eigenvalue weighted by atomic mass is 15.6. The van der Waals surface area contributed by atoms with Crippen molar-refractivity contribution >= 4 is 0 Å². The minimum Gasteiger partial charge on any atom is -0.297 e. The van der Waals surface area contributed by atoms with E-state index in [0.29, 0.717) is 12.1 Å². The lowest BCUT2D eigenvalue weighted by Gasteiger charge is -2.38. The molecule has 2 fully saturated rings. The van der Waals surface area contributed by atoms with Crippen LogP contribution < -0.4 is 0 Å². The fourth-order valence-electron chi connectivity index (χ4n) is 4.02. The van der Waals surface area contributed by atoms with Crippen molar-refractivity contribution in [1.82, 2.24) is 30.0 Å². The molecular weight excluding hydrogens is 288 g/mol. The van der Waals surface area contributed by atoms with Gasteiger partial charge in [-0.3, -0.25) is 9.80 Å². The molecule has 2 heterocycles. The van der Waals surface area contributed by atoms with Crippen LogP contribution in [0.25, 0.3) is 0 Å². The average molecular weight is 318 g/mol. The van der Waals surface area contributed by atoms with Crippen LogP contribution in [0.1, 0.15) is 63.4 Å². The molecule has 1 aromatic heterocycles. The van der Waals surface area contributed by atoms with Gasteiger partial charge in [0.2, 0.25) is 0 Å². The number of rotatable bonds is 7. The van der Waals surface area contributed by atoms with Crippen molar-refractivity contribution in [3.8, 4) is 0 Å². The molecule has 2 aliphatic rings. The SMILES string of the molecule is C=CCN1CCN([C@H](CCC)c2nnnn2C2CCCC2)CC1. The second-order valence-electron chi connectivity index (χ2n) is 6.85. The van der Waals surface area contributed by atoms with E-state index in [0.717, 1.165) is 51.4 Å². The van der Waals surface area contributed by atoms with E-state index in [1.165, 1.54) is 25.7 Å². The van der Waals surface area contributed by atoms with Gasteiger partial charge < -0.3 is 0 Å². The molecule has 1 atom stereocenters. The molecule has 0 N–H and O–H groups in total. The minimum absolute atomic E-state index is 0.362. The first-order chi connectivity index (χ1) is 11.3. The molecule has 0 bridgehead atoms. The van der Waals surface area contributed by atoms with Gasteiger partial charge in [0.25, 0.3) is 0 Å². The van der Waals surface area contributed by atoms with Gasteiger partial charge in [0.15, 0.2) is 5.82 Å². The van der Waals surface area contributed by atoms with E-state index in [1.807, 2.05) is 6.08 Å². The number of nitrogens with zero attached hydrogens (tertiary/aromatic N) is 6. The summed E-state index contributed by atoms with van der Waals surface area (Å²) in [7, 11) is 0. The molecule has 23 heavy (non-hydrogen) atoms. The van der Waals surface area contributed by atoms with Crippen LogP contribution in [0, 0.1) is 0 Å². The fraction of sp³-hybridized carbons (Fsp3) is 0.824. The molecule has 1 aliphatic heterocycles. The van der Waals surface area contributed by atoms with E-state index in [2.05, 4.69) is 43.5 Å². The van der Waals surface area contributed by atoms with Gasteiger partial charge in [0, 0.05) is 32.7 Å². The molecule has 1 saturated carbocycles. The molecular formula is C17H30N6. The smallest absolute Gasteiger partial charge is 0.168 e. The zero-order valence-electron chi connectivity index (χ0n) is 14.4. The molecule has 3 rings (SSSR count). The monoisotopic (exact) mass is 318 g/mol. The number of hydrogen-bond acceptors (Lipinski definition) is 5. The van der Waals surface area contributed by atoms with Gasteiger partial charge in [-0.1, -0.05) is 32.3 Å². The molecule has 1 saturated heterocycles. The van der Waals surface area contributed by atoms with E-state index in [9.17, 15) is 0 Å². The first-order valence-electron chi connectivity index (χ1n) is 9.18. The number of piperazine rings is 1. The topological polar surface area (TPSA) is 50.1 Å². The maximum Gasteiger partial charge on any atom is 0.168 e. The standard InChI is InChI=1S/C17H30N6/c1-3-7-16(22-13-11-21(10-4-2)12-14-22)17-18-19-20-23(17)15-8-5-6-9-15/h4,15-16H,2-3,5-14H2,1H3/t16-/m1/s1. The zero-order chi connectivity index (χ0) is 16.1. The Morgan fingerprint density at radius 1 is 1.22 bits per heavy atom. The third-order valence-electron chi connectivity index (χ3n) is 5.28. The number of hydrogen-bond donors (Lipinski definition) is 0. The summed E-state index contributed by atoms with van der Waals surface area (Å²) in [5.74, 6) is 1.09. The molecule has 0 aromatic carbocycles. The van der Waals surface area contributed by atoms with E-state index in [4.69, 9.17) is 0 Å². The normalized spacial score (nSPS) is 22.5. The van der Waals surface area contributed by atoms with Crippen LogP contribution in [0.5, 0.6) is 0 Å². The van der Waals surface area contributed by atoms with Gasteiger partial charge in [-0.05, 0) is 29.7 Å². The first-order valence-corrected chi connectivity index (χ1v) is 9.18. The Balaban J connectivity index is 1.72. The van der Waals surface area contributed by atoms with E-state index in [1.54, 1.807) is 0 Å². The Labute approximate surface area is 139 Å².